The van der Waals surface area contributed by atoms with Crippen molar-refractivity contribution in [2.24, 2.45) is 0 Å². The van der Waals surface area contributed by atoms with Gasteiger partial charge in [-0.15, -0.1) is 0 Å². The Bertz CT molecular complexity index is 1270. The van der Waals surface area contributed by atoms with E-state index in [0.717, 1.165) is 18.9 Å². The van der Waals surface area contributed by atoms with Crippen molar-refractivity contribution in [2.45, 2.75) is 44.6 Å². The van der Waals surface area contributed by atoms with Crippen LogP contribution in [0.4, 0.5) is 23.2 Å². The minimum Gasteiger partial charge on any atom is -0.462 e. The van der Waals surface area contributed by atoms with Gasteiger partial charge in [0, 0.05) is 42.8 Å². The van der Waals surface area contributed by atoms with E-state index in [4.69, 9.17) is 9.47 Å². The fourth-order valence-electron chi connectivity index (χ4n) is 4.95. The van der Waals surface area contributed by atoms with E-state index < -0.39 is 35.3 Å². The predicted molar refractivity (Wildman–Crippen MR) is 116 cm³/mol. The van der Waals surface area contributed by atoms with Crippen molar-refractivity contribution < 1.29 is 36.6 Å². The lowest BCUT2D eigenvalue weighted by Crippen LogP contribution is -2.58. The van der Waals surface area contributed by atoms with Gasteiger partial charge in [-0.1, -0.05) is 0 Å². The smallest absolute Gasteiger partial charge is 0.462 e. The third-order valence-electron chi connectivity index (χ3n) is 6.63. The number of esters is 1. The summed E-state index contributed by atoms with van der Waals surface area (Å²) in [7, 11) is 0. The average molecular weight is 497 g/mol. The van der Waals surface area contributed by atoms with Crippen molar-refractivity contribution in [3.8, 4) is 0 Å². The molecule has 8 nitrogen and oxygen atoms in total. The topological polar surface area (TPSA) is 81.1 Å². The number of aromatic nitrogens is 1. The van der Waals surface area contributed by atoms with Crippen molar-refractivity contribution in [2.75, 3.05) is 37.7 Å². The Balaban J connectivity index is 1.63. The molecule has 2 fully saturated rings. The van der Waals surface area contributed by atoms with Crippen LogP contribution < -0.4 is 10.3 Å². The molecular formula is C23H23F4N3O5. The maximum absolute atomic E-state index is 15.6. The number of benzene rings is 1. The number of rotatable bonds is 3. The zero-order valence-corrected chi connectivity index (χ0v) is 18.9. The van der Waals surface area contributed by atoms with Crippen LogP contribution in [0.1, 0.15) is 41.7 Å². The van der Waals surface area contributed by atoms with Gasteiger partial charge in [0.2, 0.25) is 5.43 Å². The molecule has 1 saturated carbocycles. The van der Waals surface area contributed by atoms with Gasteiger partial charge in [-0.2, -0.15) is 13.2 Å². The van der Waals surface area contributed by atoms with Gasteiger partial charge in [0.15, 0.2) is 0 Å². The van der Waals surface area contributed by atoms with Gasteiger partial charge >= 0.3 is 18.1 Å². The lowest BCUT2D eigenvalue weighted by Gasteiger charge is -2.42. The number of anilines is 1. The Morgan fingerprint density at radius 2 is 1.94 bits per heavy atom. The normalized spacial score (nSPS) is 20.3. The average Bonchev–Trinajstić information content (AvgIpc) is 3.65. The molecule has 5 rings (SSSR count). The van der Waals surface area contributed by atoms with Gasteiger partial charge < -0.3 is 23.8 Å². The fraction of sp³-hybridized carbons (Fsp3) is 0.522. The Kier molecular flexibility index (Phi) is 5.73. The SMILES string of the molecule is CCOC(=O)c1cn(C2CC2)c2c3c(c(F)cc2c1=O)N1CCN(C(=O)C(F)(F)F)C[C@H]1COC3. The first kappa shape index (κ1) is 23.6. The summed E-state index contributed by atoms with van der Waals surface area (Å²) in [6.07, 6.45) is -1.92. The molecule has 1 aliphatic carbocycles. The molecule has 1 amide bonds. The van der Waals surface area contributed by atoms with Gasteiger partial charge in [-0.25, -0.2) is 9.18 Å². The minimum atomic E-state index is -5.00. The summed E-state index contributed by atoms with van der Waals surface area (Å²) in [6.45, 7) is 1.07. The summed E-state index contributed by atoms with van der Waals surface area (Å²) in [4.78, 5) is 39.7. The van der Waals surface area contributed by atoms with E-state index in [-0.39, 0.29) is 62.1 Å². The van der Waals surface area contributed by atoms with Crippen LogP contribution >= 0.6 is 0 Å². The molecule has 0 bridgehead atoms. The van der Waals surface area contributed by atoms with Gasteiger partial charge in [0.05, 0.1) is 37.1 Å². The summed E-state index contributed by atoms with van der Waals surface area (Å²) in [5.41, 5.74) is 0.154. The quantitative estimate of drug-likeness (QED) is 0.479. The van der Waals surface area contributed by atoms with E-state index in [1.807, 2.05) is 0 Å². The molecule has 1 aromatic carbocycles. The van der Waals surface area contributed by atoms with E-state index in [2.05, 4.69) is 0 Å². The van der Waals surface area contributed by atoms with Gasteiger partial charge in [0.1, 0.15) is 11.4 Å². The van der Waals surface area contributed by atoms with Gasteiger partial charge in [-0.05, 0) is 25.8 Å². The summed E-state index contributed by atoms with van der Waals surface area (Å²) in [6, 6.07) is 0.401. The number of pyridine rings is 1. The minimum absolute atomic E-state index is 0.0149. The monoisotopic (exact) mass is 497 g/mol. The Labute approximate surface area is 197 Å². The van der Waals surface area contributed by atoms with Gasteiger partial charge in [0.25, 0.3) is 0 Å². The van der Waals surface area contributed by atoms with Crippen LogP contribution in [0.2, 0.25) is 0 Å². The standard InChI is InChI=1S/C23H23F4N3O5/c1-2-35-21(32)15-9-30(12-3-4-12)18-14(20(15)31)7-17(24)19-16(18)11-34-10-13-8-28(5-6-29(13)19)22(33)23(25,26)27/h7,9,12-13H,2-6,8,10-11H2,1H3/t13-/m0/s1. The number of nitrogens with zero attached hydrogens (tertiary/aromatic N) is 3. The van der Waals surface area contributed by atoms with Crippen LogP contribution in [0.15, 0.2) is 17.1 Å². The lowest BCUT2D eigenvalue weighted by molar-refractivity contribution is -0.186. The maximum atomic E-state index is 15.6. The van der Waals surface area contributed by atoms with E-state index in [9.17, 15) is 27.6 Å². The Morgan fingerprint density at radius 1 is 1.20 bits per heavy atom. The molecule has 2 aromatic rings. The first-order valence-corrected chi connectivity index (χ1v) is 11.4. The number of alkyl halides is 3. The molecule has 1 aromatic heterocycles. The van der Waals surface area contributed by atoms with Crippen molar-refractivity contribution in [3.63, 3.8) is 0 Å². The molecule has 0 unspecified atom stereocenters. The molecule has 1 atom stereocenters. The number of hydrogen-bond donors (Lipinski definition) is 0. The van der Waals surface area contributed by atoms with Crippen LogP contribution in [-0.2, 0) is 20.9 Å². The van der Waals surface area contributed by atoms with Crippen LogP contribution in [0, 0.1) is 5.82 Å². The lowest BCUT2D eigenvalue weighted by atomic mass is 10.0. The molecule has 12 heteroatoms. The van der Waals surface area contributed by atoms with Crippen LogP contribution in [0.25, 0.3) is 10.9 Å². The first-order chi connectivity index (χ1) is 16.6. The summed E-state index contributed by atoms with van der Waals surface area (Å²) in [5.74, 6) is -3.46. The molecule has 3 aliphatic rings. The molecular weight excluding hydrogens is 474 g/mol. The molecule has 35 heavy (non-hydrogen) atoms. The van der Waals surface area contributed by atoms with E-state index in [1.54, 1.807) is 16.4 Å². The second-order valence-corrected chi connectivity index (χ2v) is 8.92. The molecule has 1 saturated heterocycles. The number of carbonyl (C=O) groups is 2. The second-order valence-electron chi connectivity index (χ2n) is 8.92. The molecule has 3 heterocycles. The number of amides is 1. The number of carbonyl (C=O) groups excluding carboxylic acids is 2. The van der Waals surface area contributed by atoms with E-state index in [0.29, 0.717) is 16.0 Å². The predicted octanol–water partition coefficient (Wildman–Crippen LogP) is 2.76. The molecule has 0 radical (unpaired) electrons. The second kappa shape index (κ2) is 8.51. The molecule has 2 aliphatic heterocycles. The summed E-state index contributed by atoms with van der Waals surface area (Å²) in [5, 5.41) is 0.0200. The highest BCUT2D eigenvalue weighted by atomic mass is 19.4. The first-order valence-electron chi connectivity index (χ1n) is 11.4. The highest BCUT2D eigenvalue weighted by Crippen LogP contribution is 2.42. The van der Waals surface area contributed by atoms with E-state index in [1.165, 1.54) is 6.20 Å². The van der Waals surface area contributed by atoms with Crippen LogP contribution in [0.5, 0.6) is 0 Å². The van der Waals surface area contributed by atoms with Gasteiger partial charge in [-0.3, -0.25) is 9.59 Å². The number of piperazine rings is 1. The van der Waals surface area contributed by atoms with Crippen molar-refractivity contribution in [3.05, 3.63) is 39.4 Å². The highest BCUT2D eigenvalue weighted by molar-refractivity contribution is 5.96. The Morgan fingerprint density at radius 3 is 2.60 bits per heavy atom. The number of hydrogen-bond acceptors (Lipinski definition) is 6. The summed E-state index contributed by atoms with van der Waals surface area (Å²) >= 11 is 0. The molecule has 188 valence electrons. The fourth-order valence-corrected chi connectivity index (χ4v) is 4.95. The largest absolute Gasteiger partial charge is 0.471 e. The molecule has 0 spiro atoms. The maximum Gasteiger partial charge on any atom is 0.471 e. The number of halogens is 4. The highest BCUT2D eigenvalue weighted by Gasteiger charge is 2.45. The third kappa shape index (κ3) is 4.03. The third-order valence-corrected chi connectivity index (χ3v) is 6.63. The van der Waals surface area contributed by atoms with Crippen LogP contribution in [-0.4, -0.2) is 66.4 Å². The van der Waals surface area contributed by atoms with Crippen molar-refractivity contribution in [1.82, 2.24) is 9.47 Å². The summed E-state index contributed by atoms with van der Waals surface area (Å²) < 4.78 is 67.0. The molecule has 0 N–H and O–H groups in total. The van der Waals surface area contributed by atoms with Crippen molar-refractivity contribution in [1.29, 1.82) is 0 Å². The zero-order valence-electron chi connectivity index (χ0n) is 18.9. The zero-order chi connectivity index (χ0) is 25.1. The van der Waals surface area contributed by atoms with E-state index >= 15 is 4.39 Å². The van der Waals surface area contributed by atoms with Crippen LogP contribution in [0.3, 0.4) is 0 Å². The number of fused-ring (bicyclic) bond motifs is 5. The van der Waals surface area contributed by atoms with Crippen molar-refractivity contribution >= 4 is 28.5 Å². The number of ether oxygens (including phenoxy) is 2. The Hall–Kier alpha value is -3.15.